The van der Waals surface area contributed by atoms with Crippen molar-refractivity contribution in [3.8, 4) is 11.1 Å². The van der Waals surface area contributed by atoms with E-state index >= 15 is 0 Å². The fraction of sp³-hybridized carbons (Fsp3) is 0.400. The zero-order valence-corrected chi connectivity index (χ0v) is 15.0. The van der Waals surface area contributed by atoms with Crippen molar-refractivity contribution in [2.24, 2.45) is 0 Å². The summed E-state index contributed by atoms with van der Waals surface area (Å²) in [6, 6.07) is 8.11. The second-order valence-electron chi connectivity index (χ2n) is 6.06. The first-order valence-electron chi connectivity index (χ1n) is 8.64. The first kappa shape index (κ1) is 19.5. The quantitative estimate of drug-likeness (QED) is 0.557. The maximum atomic E-state index is 14.1. The van der Waals surface area contributed by atoms with E-state index < -0.39 is 17.5 Å². The highest BCUT2D eigenvalue weighted by Crippen LogP contribution is 2.28. The van der Waals surface area contributed by atoms with E-state index in [4.69, 9.17) is 0 Å². The number of likely N-dealkylation sites (N-methyl/N-ethyl adjacent to an activating group) is 1. The van der Waals surface area contributed by atoms with Crippen molar-refractivity contribution in [1.82, 2.24) is 10.2 Å². The normalized spacial score (nSPS) is 11.3. The largest absolute Gasteiger partial charge is 0.311 e. The van der Waals surface area contributed by atoms with Gasteiger partial charge in [0.25, 0.3) is 0 Å². The van der Waals surface area contributed by atoms with Crippen molar-refractivity contribution in [2.75, 3.05) is 26.2 Å². The van der Waals surface area contributed by atoms with Gasteiger partial charge in [-0.3, -0.25) is 0 Å². The summed E-state index contributed by atoms with van der Waals surface area (Å²) in [5.41, 5.74) is 1.15. The van der Waals surface area contributed by atoms with E-state index in [9.17, 15) is 13.2 Å². The van der Waals surface area contributed by atoms with Crippen LogP contribution in [0.1, 0.15) is 25.0 Å². The van der Waals surface area contributed by atoms with E-state index in [1.54, 1.807) is 12.1 Å². The molecule has 0 aliphatic carbocycles. The van der Waals surface area contributed by atoms with Gasteiger partial charge in [-0.25, -0.2) is 13.2 Å². The monoisotopic (exact) mass is 350 g/mol. The molecule has 0 fully saturated rings. The lowest BCUT2D eigenvalue weighted by molar-refractivity contribution is 0.302. The highest BCUT2D eigenvalue weighted by molar-refractivity contribution is 5.65. The highest BCUT2D eigenvalue weighted by Gasteiger charge is 2.16. The Morgan fingerprint density at radius 2 is 1.60 bits per heavy atom. The molecule has 1 N–H and O–H groups in total. The number of benzene rings is 2. The summed E-state index contributed by atoms with van der Waals surface area (Å²) in [5.74, 6) is -2.88. The van der Waals surface area contributed by atoms with Gasteiger partial charge in [-0.1, -0.05) is 38.1 Å². The molecule has 25 heavy (non-hydrogen) atoms. The molecule has 0 saturated carbocycles. The summed E-state index contributed by atoms with van der Waals surface area (Å²) in [7, 11) is 0. The van der Waals surface area contributed by atoms with Crippen LogP contribution in [0.25, 0.3) is 11.1 Å². The fourth-order valence-corrected chi connectivity index (χ4v) is 2.71. The van der Waals surface area contributed by atoms with Gasteiger partial charge in [0.05, 0.1) is 0 Å². The van der Waals surface area contributed by atoms with Gasteiger partial charge in [-0.15, -0.1) is 0 Å². The molecule has 2 rings (SSSR count). The summed E-state index contributed by atoms with van der Waals surface area (Å²) in [6.07, 6.45) is 0. The van der Waals surface area contributed by atoms with Gasteiger partial charge >= 0.3 is 0 Å². The van der Waals surface area contributed by atoms with Crippen molar-refractivity contribution in [3.63, 3.8) is 0 Å². The molecule has 2 aromatic carbocycles. The summed E-state index contributed by atoms with van der Waals surface area (Å²) >= 11 is 0. The van der Waals surface area contributed by atoms with Crippen LogP contribution in [0.5, 0.6) is 0 Å². The SMILES string of the molecule is CCN(CC)CCNCc1ccc(-c2cc(F)c(C)c(F)c2F)cc1. The molecule has 2 nitrogen and oxygen atoms in total. The van der Waals surface area contributed by atoms with Crippen molar-refractivity contribution < 1.29 is 13.2 Å². The molecule has 0 atom stereocenters. The molecule has 136 valence electrons. The number of nitrogens with one attached hydrogen (secondary N) is 1. The van der Waals surface area contributed by atoms with Crippen LogP contribution < -0.4 is 5.32 Å². The maximum Gasteiger partial charge on any atom is 0.167 e. The minimum Gasteiger partial charge on any atom is -0.311 e. The molecule has 5 heteroatoms. The molecule has 2 aromatic rings. The van der Waals surface area contributed by atoms with Crippen LogP contribution >= 0.6 is 0 Å². The van der Waals surface area contributed by atoms with Crippen LogP contribution in [0.15, 0.2) is 30.3 Å². The third kappa shape index (κ3) is 4.83. The highest BCUT2D eigenvalue weighted by atomic mass is 19.2. The Kier molecular flexibility index (Phi) is 7.02. The van der Waals surface area contributed by atoms with Gasteiger partial charge in [0.2, 0.25) is 0 Å². The topological polar surface area (TPSA) is 15.3 Å². The predicted octanol–water partition coefficient (Wildman–Crippen LogP) is 4.51. The molecule has 0 spiro atoms. The zero-order valence-electron chi connectivity index (χ0n) is 15.0. The molecule has 0 bridgehead atoms. The van der Waals surface area contributed by atoms with E-state index in [-0.39, 0.29) is 11.1 Å². The van der Waals surface area contributed by atoms with Gasteiger partial charge in [-0.05, 0) is 37.2 Å². The minimum absolute atomic E-state index is 0.0540. The van der Waals surface area contributed by atoms with Crippen LogP contribution in [-0.4, -0.2) is 31.1 Å². The van der Waals surface area contributed by atoms with E-state index in [1.165, 1.54) is 6.92 Å². The molecule has 0 heterocycles. The molecular weight excluding hydrogens is 325 g/mol. The lowest BCUT2D eigenvalue weighted by atomic mass is 10.0. The Hall–Kier alpha value is -1.85. The first-order valence-corrected chi connectivity index (χ1v) is 8.64. The fourth-order valence-electron chi connectivity index (χ4n) is 2.71. The van der Waals surface area contributed by atoms with Gasteiger partial charge < -0.3 is 10.2 Å². The Labute approximate surface area is 147 Å². The van der Waals surface area contributed by atoms with Gasteiger partial charge in [0.1, 0.15) is 5.82 Å². The number of hydrogen-bond donors (Lipinski definition) is 1. The number of nitrogens with zero attached hydrogens (tertiary/aromatic N) is 1. The first-order chi connectivity index (χ1) is 12.0. The van der Waals surface area contributed by atoms with Crippen molar-refractivity contribution >= 4 is 0 Å². The Bertz CT molecular complexity index is 695. The molecule has 0 aliphatic heterocycles. The number of rotatable bonds is 8. The maximum absolute atomic E-state index is 14.1. The van der Waals surface area contributed by atoms with Gasteiger partial charge in [-0.2, -0.15) is 0 Å². The summed E-state index contributed by atoms with van der Waals surface area (Å²) in [5, 5.41) is 3.36. The lowest BCUT2D eigenvalue weighted by Crippen LogP contribution is -2.31. The average Bonchev–Trinajstić information content (AvgIpc) is 2.64. The average molecular weight is 350 g/mol. The van der Waals surface area contributed by atoms with E-state index in [2.05, 4.69) is 24.1 Å². The zero-order chi connectivity index (χ0) is 18.4. The number of halogens is 3. The molecule has 0 radical (unpaired) electrons. The molecule has 0 amide bonds. The summed E-state index contributed by atoms with van der Waals surface area (Å²) in [6.45, 7) is 10.1. The lowest BCUT2D eigenvalue weighted by Gasteiger charge is -2.18. The molecule has 0 aromatic heterocycles. The van der Waals surface area contributed by atoms with Crippen LogP contribution in [0.2, 0.25) is 0 Å². The Morgan fingerprint density at radius 1 is 0.960 bits per heavy atom. The standard InChI is InChI=1S/C20H25F3N2/c1-4-25(5-2)11-10-24-13-15-6-8-16(9-7-15)17-12-18(21)14(3)19(22)20(17)23/h6-9,12,24H,4-5,10-11,13H2,1-3H3. The minimum atomic E-state index is -1.13. The van der Waals surface area contributed by atoms with Crippen molar-refractivity contribution in [1.29, 1.82) is 0 Å². The van der Waals surface area contributed by atoms with Crippen LogP contribution in [-0.2, 0) is 6.54 Å². The van der Waals surface area contributed by atoms with E-state index in [1.807, 2.05) is 12.1 Å². The second kappa shape index (κ2) is 9.02. The van der Waals surface area contributed by atoms with Crippen LogP contribution in [0.3, 0.4) is 0 Å². The van der Waals surface area contributed by atoms with Crippen molar-refractivity contribution in [3.05, 3.63) is 58.9 Å². The molecular formula is C20H25F3N2. The Morgan fingerprint density at radius 3 is 2.20 bits per heavy atom. The third-order valence-electron chi connectivity index (χ3n) is 4.48. The molecule has 0 saturated heterocycles. The van der Waals surface area contributed by atoms with Gasteiger partial charge in [0, 0.05) is 30.8 Å². The smallest absolute Gasteiger partial charge is 0.167 e. The predicted molar refractivity (Wildman–Crippen MR) is 96.0 cm³/mol. The van der Waals surface area contributed by atoms with E-state index in [0.29, 0.717) is 12.1 Å². The second-order valence-corrected chi connectivity index (χ2v) is 6.06. The van der Waals surface area contributed by atoms with E-state index in [0.717, 1.165) is 37.8 Å². The summed E-state index contributed by atoms with van der Waals surface area (Å²) < 4.78 is 41.5. The molecule has 0 aliphatic rings. The Balaban J connectivity index is 2.01. The third-order valence-corrected chi connectivity index (χ3v) is 4.48. The van der Waals surface area contributed by atoms with Crippen molar-refractivity contribution in [2.45, 2.75) is 27.3 Å². The van der Waals surface area contributed by atoms with Crippen LogP contribution in [0, 0.1) is 24.4 Å². The van der Waals surface area contributed by atoms with Gasteiger partial charge in [0.15, 0.2) is 11.6 Å². The molecule has 0 unspecified atom stereocenters. The number of hydrogen-bond acceptors (Lipinski definition) is 2. The van der Waals surface area contributed by atoms with Crippen LogP contribution in [0.4, 0.5) is 13.2 Å². The summed E-state index contributed by atoms with van der Waals surface area (Å²) in [4.78, 5) is 2.33.